The van der Waals surface area contributed by atoms with Crippen LogP contribution in [0, 0.1) is 12.7 Å². The van der Waals surface area contributed by atoms with Gasteiger partial charge in [-0.2, -0.15) is 0 Å². The first-order chi connectivity index (χ1) is 11.8. The largest absolute Gasteiger partial charge is 0.462 e. The second kappa shape index (κ2) is 8.94. The fourth-order valence-electron chi connectivity index (χ4n) is 3.25. The summed E-state index contributed by atoms with van der Waals surface area (Å²) < 4.78 is 19.4. The van der Waals surface area contributed by atoms with Gasteiger partial charge in [-0.15, -0.1) is 0 Å². The molecule has 1 N–H and O–H groups in total. The number of carbonyl (C=O) groups excluding carboxylic acids is 2. The summed E-state index contributed by atoms with van der Waals surface area (Å²) >= 11 is 0. The lowest BCUT2D eigenvalue weighted by molar-refractivity contribution is -0.936. The summed E-state index contributed by atoms with van der Waals surface area (Å²) in [5.74, 6) is -1.37. The minimum Gasteiger partial charge on any atom is -0.462 e. The number of carbonyl (C=O) groups is 2. The van der Waals surface area contributed by atoms with Crippen molar-refractivity contribution in [1.82, 2.24) is 0 Å². The molecule has 0 aliphatic heterocycles. The molecule has 25 heavy (non-hydrogen) atoms. The van der Waals surface area contributed by atoms with E-state index in [1.165, 1.54) is 6.07 Å². The molecule has 0 saturated heterocycles. The quantitative estimate of drug-likeness (QED) is 0.575. The molecular weight excluding hydrogens is 323 g/mol. The van der Waals surface area contributed by atoms with E-state index in [9.17, 15) is 14.0 Å². The molecule has 5 nitrogen and oxygen atoms in total. The van der Waals surface area contributed by atoms with Crippen molar-refractivity contribution in [3.63, 3.8) is 0 Å². The lowest BCUT2D eigenvalue weighted by Gasteiger charge is -2.40. The van der Waals surface area contributed by atoms with Crippen LogP contribution in [0.4, 0.5) is 10.1 Å². The number of anilines is 1. The van der Waals surface area contributed by atoms with E-state index in [1.54, 1.807) is 13.8 Å². The van der Waals surface area contributed by atoms with Crippen LogP contribution in [-0.2, 0) is 9.53 Å². The normalized spacial score (nSPS) is 12.6. The topological polar surface area (TPSA) is 55.4 Å². The van der Waals surface area contributed by atoms with Crippen LogP contribution in [0.15, 0.2) is 12.1 Å². The van der Waals surface area contributed by atoms with Gasteiger partial charge in [0.1, 0.15) is 5.82 Å². The number of hydrogen-bond donors (Lipinski definition) is 1. The summed E-state index contributed by atoms with van der Waals surface area (Å²) in [4.78, 5) is 25.0. The molecule has 1 aromatic rings. The number of aryl methyl sites for hydroxylation is 1. The van der Waals surface area contributed by atoms with Crippen molar-refractivity contribution in [2.75, 3.05) is 31.6 Å². The maximum atomic E-state index is 13.7. The van der Waals surface area contributed by atoms with Crippen LogP contribution < -0.4 is 5.32 Å². The highest BCUT2D eigenvalue weighted by atomic mass is 19.1. The number of nitrogens with one attached hydrogen (secondary N) is 1. The van der Waals surface area contributed by atoms with Gasteiger partial charge in [0.25, 0.3) is 5.91 Å². The Balaban J connectivity index is 3.21. The number of rotatable bonds is 8. The number of halogens is 1. The average molecular weight is 353 g/mol. The molecule has 140 valence electrons. The smallest absolute Gasteiger partial charge is 0.340 e. The molecule has 1 rings (SSSR count). The molecule has 0 radical (unpaired) electrons. The van der Waals surface area contributed by atoms with Gasteiger partial charge in [-0.25, -0.2) is 9.18 Å². The fourth-order valence-corrected chi connectivity index (χ4v) is 3.25. The predicted octanol–water partition coefficient (Wildman–Crippen LogP) is 3.51. The minimum absolute atomic E-state index is 0.0440. The Hall–Kier alpha value is -1.95. The molecule has 0 heterocycles. The highest BCUT2D eigenvalue weighted by Gasteiger charge is 2.35. The number of esters is 1. The second-order valence-corrected chi connectivity index (χ2v) is 6.20. The van der Waals surface area contributed by atoms with Crippen LogP contribution in [0.1, 0.15) is 50.5 Å². The summed E-state index contributed by atoms with van der Waals surface area (Å²) in [6.07, 6.45) is 0. The summed E-state index contributed by atoms with van der Waals surface area (Å²) in [7, 11) is 0. The third-order valence-electron chi connectivity index (χ3n) is 5.13. The number of quaternary nitrogens is 1. The summed E-state index contributed by atoms with van der Waals surface area (Å²) in [5, 5.41) is 2.83. The lowest BCUT2D eigenvalue weighted by atomic mass is 10.1. The molecule has 1 unspecified atom stereocenters. The van der Waals surface area contributed by atoms with Crippen LogP contribution in [0.2, 0.25) is 0 Å². The molecule has 0 spiro atoms. The van der Waals surface area contributed by atoms with E-state index in [0.29, 0.717) is 15.7 Å². The summed E-state index contributed by atoms with van der Waals surface area (Å²) in [5.41, 5.74) is 0.854. The van der Waals surface area contributed by atoms with Gasteiger partial charge in [0.05, 0.1) is 37.5 Å². The molecule has 0 fully saturated rings. The number of hydrogen-bond acceptors (Lipinski definition) is 3. The van der Waals surface area contributed by atoms with E-state index >= 15 is 0 Å². The third-order valence-corrected chi connectivity index (χ3v) is 5.13. The molecular formula is C19H30FN2O3+. The summed E-state index contributed by atoms with van der Waals surface area (Å²) in [6.45, 7) is 14.1. The second-order valence-electron chi connectivity index (χ2n) is 6.20. The molecule has 0 bridgehead atoms. The van der Waals surface area contributed by atoms with Gasteiger partial charge in [-0.3, -0.25) is 4.79 Å². The molecule has 0 aliphatic rings. The van der Waals surface area contributed by atoms with E-state index in [-0.39, 0.29) is 24.1 Å². The molecule has 0 aromatic heterocycles. The van der Waals surface area contributed by atoms with Gasteiger partial charge < -0.3 is 14.5 Å². The molecule has 1 atom stereocenters. The Morgan fingerprint density at radius 3 is 2.20 bits per heavy atom. The van der Waals surface area contributed by atoms with E-state index in [4.69, 9.17) is 4.74 Å². The van der Waals surface area contributed by atoms with Crippen molar-refractivity contribution >= 4 is 17.6 Å². The Labute approximate surface area is 149 Å². The lowest BCUT2D eigenvalue weighted by Crippen LogP contribution is -2.58. The number of benzene rings is 1. The number of ether oxygens (including phenoxy) is 1. The summed E-state index contributed by atoms with van der Waals surface area (Å²) in [6, 6.07) is 2.11. The Morgan fingerprint density at radius 1 is 1.16 bits per heavy atom. The van der Waals surface area contributed by atoms with Crippen molar-refractivity contribution in [3.05, 3.63) is 29.1 Å². The van der Waals surface area contributed by atoms with E-state index < -0.39 is 11.8 Å². The van der Waals surface area contributed by atoms with Crippen LogP contribution >= 0.6 is 0 Å². The Bertz CT molecular complexity index is 619. The third kappa shape index (κ3) is 4.57. The molecule has 1 amide bonds. The van der Waals surface area contributed by atoms with Gasteiger partial charge in [0.15, 0.2) is 6.04 Å². The highest BCUT2D eigenvalue weighted by molar-refractivity contribution is 6.03. The van der Waals surface area contributed by atoms with Crippen LogP contribution in [-0.4, -0.2) is 48.6 Å². The van der Waals surface area contributed by atoms with Crippen LogP contribution in [0.3, 0.4) is 0 Å². The SMILES string of the molecule is CCOC(=O)c1cc(F)cc(C)c1NC(=O)C(C)[N+](CC)(CC)CC. The number of likely N-dealkylation sites (N-methyl/N-ethyl adjacent to an activating group) is 1. The van der Waals surface area contributed by atoms with Crippen LogP contribution in [0.25, 0.3) is 0 Å². The van der Waals surface area contributed by atoms with E-state index in [0.717, 1.165) is 25.7 Å². The van der Waals surface area contributed by atoms with Gasteiger partial charge in [-0.05, 0) is 59.2 Å². The van der Waals surface area contributed by atoms with Gasteiger partial charge in [0, 0.05) is 0 Å². The first-order valence-corrected chi connectivity index (χ1v) is 8.90. The van der Waals surface area contributed by atoms with Gasteiger partial charge in [0.2, 0.25) is 0 Å². The van der Waals surface area contributed by atoms with Gasteiger partial charge >= 0.3 is 5.97 Å². The fraction of sp³-hybridized carbons (Fsp3) is 0.579. The predicted molar refractivity (Wildman–Crippen MR) is 97.1 cm³/mol. The number of nitrogens with zero attached hydrogens (tertiary/aromatic N) is 1. The van der Waals surface area contributed by atoms with Crippen LogP contribution in [0.5, 0.6) is 0 Å². The molecule has 0 saturated carbocycles. The zero-order valence-electron chi connectivity index (χ0n) is 16.1. The Kier molecular flexibility index (Phi) is 7.55. The van der Waals surface area contributed by atoms with Crippen molar-refractivity contribution in [2.45, 2.75) is 47.6 Å². The maximum Gasteiger partial charge on any atom is 0.340 e. The first kappa shape index (κ1) is 21.1. The van der Waals surface area contributed by atoms with Crippen molar-refractivity contribution in [2.24, 2.45) is 0 Å². The monoisotopic (exact) mass is 353 g/mol. The van der Waals surface area contributed by atoms with E-state index in [1.807, 2.05) is 6.92 Å². The zero-order valence-corrected chi connectivity index (χ0v) is 16.1. The molecule has 0 aliphatic carbocycles. The molecule has 6 heteroatoms. The first-order valence-electron chi connectivity index (χ1n) is 8.90. The number of amides is 1. The van der Waals surface area contributed by atoms with Crippen molar-refractivity contribution in [1.29, 1.82) is 0 Å². The minimum atomic E-state index is -0.643. The Morgan fingerprint density at radius 2 is 1.72 bits per heavy atom. The van der Waals surface area contributed by atoms with Crippen molar-refractivity contribution in [3.8, 4) is 0 Å². The maximum absolute atomic E-state index is 13.7. The highest BCUT2D eigenvalue weighted by Crippen LogP contribution is 2.25. The average Bonchev–Trinajstić information content (AvgIpc) is 2.58. The van der Waals surface area contributed by atoms with Crippen molar-refractivity contribution < 1.29 is 23.2 Å². The van der Waals surface area contributed by atoms with Gasteiger partial charge in [-0.1, -0.05) is 0 Å². The zero-order chi connectivity index (χ0) is 19.2. The molecule has 1 aromatic carbocycles. The van der Waals surface area contributed by atoms with E-state index in [2.05, 4.69) is 26.1 Å². The standard InChI is InChI=1S/C19H29FN2O3/c1-7-22(8-2,9-3)14(6)18(23)21-17-13(5)11-15(20)12-16(17)19(24)25-10-4/h11-12,14H,7-10H2,1-6H3/p+1.